The zero-order chi connectivity index (χ0) is 23.8. The second-order valence-corrected chi connectivity index (χ2v) is 8.86. The lowest BCUT2D eigenvalue weighted by molar-refractivity contribution is -0.117. The largest absolute Gasteiger partial charge is 0.503 e. The number of ketones is 1. The Morgan fingerprint density at radius 1 is 1.09 bits per heavy atom. The summed E-state index contributed by atoms with van der Waals surface area (Å²) >= 11 is 0. The molecule has 174 valence electrons. The van der Waals surface area contributed by atoms with Crippen molar-refractivity contribution in [2.24, 2.45) is 5.92 Å². The van der Waals surface area contributed by atoms with Gasteiger partial charge in [-0.2, -0.15) is 0 Å². The summed E-state index contributed by atoms with van der Waals surface area (Å²) in [6.07, 6.45) is 3.88. The lowest BCUT2D eigenvalue weighted by Crippen LogP contribution is -2.41. The van der Waals surface area contributed by atoms with Crippen LogP contribution in [0.2, 0.25) is 0 Å². The van der Waals surface area contributed by atoms with Crippen molar-refractivity contribution in [2.75, 3.05) is 12.0 Å². The van der Waals surface area contributed by atoms with Gasteiger partial charge in [0.05, 0.1) is 24.4 Å². The van der Waals surface area contributed by atoms with Gasteiger partial charge in [0.25, 0.3) is 5.91 Å². The summed E-state index contributed by atoms with van der Waals surface area (Å²) in [5, 5.41) is 14.8. The van der Waals surface area contributed by atoms with E-state index in [-0.39, 0.29) is 17.3 Å². The average molecular weight is 459 g/mol. The van der Waals surface area contributed by atoms with Crippen LogP contribution in [0.1, 0.15) is 41.7 Å². The number of amides is 1. The molecule has 2 heterocycles. The maximum absolute atomic E-state index is 13.5. The van der Waals surface area contributed by atoms with Gasteiger partial charge in [-0.15, -0.1) is 0 Å². The molecule has 7 heteroatoms. The normalized spacial score (nSPS) is 18.7. The molecule has 7 nitrogen and oxygen atoms in total. The number of aliphatic hydroxyl groups excluding tert-OH is 1. The van der Waals surface area contributed by atoms with Gasteiger partial charge in [0, 0.05) is 22.9 Å². The van der Waals surface area contributed by atoms with Crippen LogP contribution in [0.5, 0.6) is 5.75 Å². The number of anilines is 1. The number of aryl methyl sites for hydroxylation is 1. The molecule has 1 atom stereocenters. The van der Waals surface area contributed by atoms with Crippen LogP contribution in [0.3, 0.4) is 0 Å². The van der Waals surface area contributed by atoms with Gasteiger partial charge in [-0.1, -0.05) is 18.0 Å². The van der Waals surface area contributed by atoms with E-state index in [0.29, 0.717) is 22.8 Å². The smallest absolute Gasteiger partial charge is 0.294 e. The van der Waals surface area contributed by atoms with E-state index in [2.05, 4.69) is 5.16 Å². The van der Waals surface area contributed by atoms with Crippen molar-refractivity contribution >= 4 is 17.4 Å². The lowest BCUT2D eigenvalue weighted by Gasteiger charge is -2.31. The zero-order valence-corrected chi connectivity index (χ0v) is 19.2. The van der Waals surface area contributed by atoms with Crippen LogP contribution in [0.4, 0.5) is 5.69 Å². The number of carbonyl (C=O) groups is 2. The third-order valence-electron chi connectivity index (χ3n) is 6.75. The second-order valence-electron chi connectivity index (χ2n) is 8.86. The van der Waals surface area contributed by atoms with Gasteiger partial charge >= 0.3 is 0 Å². The molecule has 1 N–H and O–H groups in total. The molecular formula is C27H26N2O5. The van der Waals surface area contributed by atoms with Crippen molar-refractivity contribution in [3.05, 3.63) is 77.2 Å². The molecule has 0 bridgehead atoms. The summed E-state index contributed by atoms with van der Waals surface area (Å²) in [4.78, 5) is 28.4. The van der Waals surface area contributed by atoms with Gasteiger partial charge in [0.1, 0.15) is 5.75 Å². The number of benzene rings is 2. The highest BCUT2D eigenvalue weighted by molar-refractivity contribution is 6.20. The molecule has 5 rings (SSSR count). The average Bonchev–Trinajstić information content (AvgIpc) is 3.60. The number of rotatable bonds is 6. The maximum Gasteiger partial charge on any atom is 0.294 e. The molecule has 34 heavy (non-hydrogen) atoms. The van der Waals surface area contributed by atoms with Crippen molar-refractivity contribution in [3.63, 3.8) is 0 Å². The first-order chi connectivity index (χ1) is 16.5. The summed E-state index contributed by atoms with van der Waals surface area (Å²) in [7, 11) is 1.56. The van der Waals surface area contributed by atoms with Crippen LogP contribution in [-0.4, -0.2) is 35.1 Å². The molecule has 1 aliphatic carbocycles. The summed E-state index contributed by atoms with van der Waals surface area (Å²) in [6, 6.07) is 15.4. The van der Waals surface area contributed by atoms with Gasteiger partial charge in [0.2, 0.25) is 0 Å². The number of hydrogen-bond donors (Lipinski definition) is 1. The van der Waals surface area contributed by atoms with Crippen molar-refractivity contribution < 1.29 is 24.0 Å². The highest BCUT2D eigenvalue weighted by Gasteiger charge is 2.47. The second kappa shape index (κ2) is 8.82. The molecule has 1 aliphatic heterocycles. The highest BCUT2D eigenvalue weighted by atomic mass is 16.5. The molecular weight excluding hydrogens is 432 g/mol. The first-order valence-corrected chi connectivity index (χ1v) is 11.5. The summed E-state index contributed by atoms with van der Waals surface area (Å²) in [6.45, 7) is 1.85. The van der Waals surface area contributed by atoms with E-state index >= 15 is 0 Å². The molecule has 1 fully saturated rings. The Labute approximate surface area is 197 Å². The van der Waals surface area contributed by atoms with Crippen LogP contribution in [-0.2, 0) is 4.79 Å². The molecule has 1 unspecified atom stereocenters. The fourth-order valence-electron chi connectivity index (χ4n) is 5.05. The first kappa shape index (κ1) is 21.9. The van der Waals surface area contributed by atoms with Gasteiger partial charge in [0.15, 0.2) is 17.3 Å². The Kier molecular flexibility index (Phi) is 5.69. The van der Waals surface area contributed by atoms with Crippen molar-refractivity contribution in [2.45, 2.75) is 38.6 Å². The molecule has 1 aromatic heterocycles. The molecule has 1 saturated carbocycles. The minimum atomic E-state index is -0.544. The predicted octanol–water partition coefficient (Wildman–Crippen LogP) is 5.26. The number of carbonyl (C=O) groups excluding carboxylic acids is 2. The monoisotopic (exact) mass is 458 g/mol. The lowest BCUT2D eigenvalue weighted by atomic mass is 9.87. The van der Waals surface area contributed by atoms with Crippen LogP contribution in [0.25, 0.3) is 11.3 Å². The number of aliphatic hydroxyl groups is 1. The van der Waals surface area contributed by atoms with Crippen LogP contribution in [0.15, 0.2) is 70.5 Å². The van der Waals surface area contributed by atoms with E-state index in [0.717, 1.165) is 36.9 Å². The number of Topliss-reactive ketones (excluding diaryl/α,β-unsaturated/α-hetero) is 1. The number of hydrogen-bond acceptors (Lipinski definition) is 6. The number of nitrogens with zero attached hydrogens (tertiary/aromatic N) is 2. The summed E-state index contributed by atoms with van der Waals surface area (Å²) in [5.74, 6) is 0.0301. The standard InChI is InChI=1S/C27H26N2O5/c1-16-15-22(34-28-16)17-7-11-20(12-8-17)29-24(18-5-3-4-6-18)23(26(31)27(29)32)25(30)19-9-13-21(33-2)14-10-19/h7-15,18,24,31H,3-6H2,1-2H3. The van der Waals surface area contributed by atoms with Crippen molar-refractivity contribution in [1.29, 1.82) is 0 Å². The fourth-order valence-corrected chi connectivity index (χ4v) is 5.05. The third kappa shape index (κ3) is 3.77. The fraction of sp³-hybridized carbons (Fsp3) is 0.296. The molecule has 2 aliphatic rings. The molecule has 3 aromatic rings. The molecule has 0 saturated heterocycles. The first-order valence-electron chi connectivity index (χ1n) is 11.5. The van der Waals surface area contributed by atoms with Gasteiger partial charge in [-0.05, 0) is 74.2 Å². The van der Waals surface area contributed by atoms with E-state index in [1.807, 2.05) is 37.3 Å². The predicted molar refractivity (Wildman–Crippen MR) is 127 cm³/mol. The number of methoxy groups -OCH3 is 1. The molecule has 2 aromatic carbocycles. The van der Waals surface area contributed by atoms with Gasteiger partial charge in [-0.3, -0.25) is 14.5 Å². The van der Waals surface area contributed by atoms with Gasteiger partial charge < -0.3 is 14.4 Å². The molecule has 0 radical (unpaired) electrons. The topological polar surface area (TPSA) is 92.9 Å². The Balaban J connectivity index is 1.51. The quantitative estimate of drug-likeness (QED) is 0.507. The minimum Gasteiger partial charge on any atom is -0.503 e. The maximum atomic E-state index is 13.5. The van der Waals surface area contributed by atoms with Gasteiger partial charge in [-0.25, -0.2) is 0 Å². The molecule has 1 amide bonds. The van der Waals surface area contributed by atoms with E-state index < -0.39 is 17.7 Å². The zero-order valence-electron chi connectivity index (χ0n) is 19.2. The Morgan fingerprint density at radius 3 is 2.35 bits per heavy atom. The Bertz CT molecular complexity index is 1250. The Morgan fingerprint density at radius 2 is 1.76 bits per heavy atom. The van der Waals surface area contributed by atoms with E-state index in [1.165, 1.54) is 0 Å². The van der Waals surface area contributed by atoms with E-state index in [4.69, 9.17) is 9.26 Å². The van der Waals surface area contributed by atoms with E-state index in [1.54, 1.807) is 36.3 Å². The third-order valence-corrected chi connectivity index (χ3v) is 6.75. The van der Waals surface area contributed by atoms with Crippen molar-refractivity contribution in [3.8, 4) is 17.1 Å². The SMILES string of the molecule is COc1ccc(C(=O)C2=C(O)C(=O)N(c3ccc(-c4cc(C)no4)cc3)C2C2CCCC2)cc1. The summed E-state index contributed by atoms with van der Waals surface area (Å²) < 4.78 is 10.5. The number of ether oxygens (including phenoxy) is 1. The highest BCUT2D eigenvalue weighted by Crippen LogP contribution is 2.42. The van der Waals surface area contributed by atoms with Crippen LogP contribution < -0.4 is 9.64 Å². The van der Waals surface area contributed by atoms with Crippen LogP contribution in [0, 0.1) is 12.8 Å². The number of aromatic nitrogens is 1. The van der Waals surface area contributed by atoms with Crippen molar-refractivity contribution in [1.82, 2.24) is 5.16 Å². The Hall–Kier alpha value is -3.87. The molecule has 0 spiro atoms. The summed E-state index contributed by atoms with van der Waals surface area (Å²) in [5.41, 5.74) is 2.84. The van der Waals surface area contributed by atoms with Crippen LogP contribution >= 0.6 is 0 Å². The van der Waals surface area contributed by atoms with E-state index in [9.17, 15) is 14.7 Å². The minimum absolute atomic E-state index is 0.0994.